The molecule has 1 amide bonds. The summed E-state index contributed by atoms with van der Waals surface area (Å²) >= 11 is 0. The van der Waals surface area contributed by atoms with Gasteiger partial charge in [-0.2, -0.15) is 0 Å². The number of hydrogen-bond acceptors (Lipinski definition) is 6. The van der Waals surface area contributed by atoms with Crippen LogP contribution in [-0.4, -0.2) is 50.5 Å². The number of fused-ring (bicyclic) bond motifs is 1. The lowest BCUT2D eigenvalue weighted by Crippen LogP contribution is -2.36. The van der Waals surface area contributed by atoms with Crippen molar-refractivity contribution in [3.8, 4) is 5.88 Å². The molecule has 4 heterocycles. The zero-order valence-electron chi connectivity index (χ0n) is 14.0. The van der Waals surface area contributed by atoms with Crippen molar-refractivity contribution < 1.29 is 14.3 Å². The molecular formula is C17H21N5O3. The van der Waals surface area contributed by atoms with Gasteiger partial charge in [0.15, 0.2) is 0 Å². The van der Waals surface area contributed by atoms with Gasteiger partial charge in [-0.15, -0.1) is 5.10 Å². The monoisotopic (exact) mass is 343 g/mol. The van der Waals surface area contributed by atoms with Crippen LogP contribution in [0.15, 0.2) is 24.4 Å². The second kappa shape index (κ2) is 7.18. The van der Waals surface area contributed by atoms with Crippen LogP contribution in [0.4, 0.5) is 0 Å². The van der Waals surface area contributed by atoms with Crippen LogP contribution in [0.3, 0.4) is 0 Å². The number of ether oxygens (including phenoxy) is 2. The highest BCUT2D eigenvalue weighted by atomic mass is 16.5. The summed E-state index contributed by atoms with van der Waals surface area (Å²) in [6.07, 6.45) is 3.37. The van der Waals surface area contributed by atoms with E-state index in [-0.39, 0.29) is 11.8 Å². The highest BCUT2D eigenvalue weighted by Gasteiger charge is 2.30. The molecule has 0 unspecified atom stereocenters. The number of nitrogens with zero attached hydrogens (tertiary/aromatic N) is 5. The smallest absolute Gasteiger partial charge is 0.228 e. The first-order valence-electron chi connectivity index (χ1n) is 8.63. The molecule has 0 radical (unpaired) electrons. The summed E-state index contributed by atoms with van der Waals surface area (Å²) in [6, 6.07) is 5.52. The Labute approximate surface area is 145 Å². The van der Waals surface area contributed by atoms with Gasteiger partial charge in [-0.25, -0.2) is 9.67 Å². The van der Waals surface area contributed by atoms with Gasteiger partial charge >= 0.3 is 0 Å². The minimum absolute atomic E-state index is 0.0179. The second-order valence-corrected chi connectivity index (χ2v) is 6.34. The minimum Gasteiger partial charge on any atom is -0.471 e. The third kappa shape index (κ3) is 3.48. The fourth-order valence-electron chi connectivity index (χ4n) is 3.25. The Morgan fingerprint density at radius 3 is 3.12 bits per heavy atom. The van der Waals surface area contributed by atoms with Crippen LogP contribution in [0.2, 0.25) is 0 Å². The van der Waals surface area contributed by atoms with Gasteiger partial charge in [0, 0.05) is 32.0 Å². The summed E-state index contributed by atoms with van der Waals surface area (Å²) in [6.45, 7) is 3.51. The Morgan fingerprint density at radius 1 is 1.36 bits per heavy atom. The van der Waals surface area contributed by atoms with Gasteiger partial charge in [-0.3, -0.25) is 4.79 Å². The highest BCUT2D eigenvalue weighted by molar-refractivity contribution is 5.79. The molecule has 2 aliphatic rings. The van der Waals surface area contributed by atoms with Gasteiger partial charge in [0.05, 0.1) is 24.8 Å². The maximum absolute atomic E-state index is 12.7. The first-order chi connectivity index (χ1) is 12.3. The number of carbonyl (C=O) groups is 1. The number of rotatable bonds is 4. The van der Waals surface area contributed by atoms with Gasteiger partial charge in [-0.05, 0) is 18.9 Å². The van der Waals surface area contributed by atoms with E-state index < -0.39 is 0 Å². The molecule has 25 heavy (non-hydrogen) atoms. The van der Waals surface area contributed by atoms with E-state index in [9.17, 15) is 4.79 Å². The van der Waals surface area contributed by atoms with Crippen molar-refractivity contribution in [2.45, 2.75) is 32.5 Å². The van der Waals surface area contributed by atoms with Gasteiger partial charge in [-0.1, -0.05) is 11.3 Å². The molecule has 0 saturated carbocycles. The van der Waals surface area contributed by atoms with Crippen molar-refractivity contribution in [3.63, 3.8) is 0 Å². The number of aromatic nitrogens is 4. The molecule has 0 bridgehead atoms. The van der Waals surface area contributed by atoms with E-state index in [4.69, 9.17) is 9.47 Å². The second-order valence-electron chi connectivity index (χ2n) is 6.34. The van der Waals surface area contributed by atoms with Gasteiger partial charge in [0.25, 0.3) is 0 Å². The Balaban J connectivity index is 1.48. The van der Waals surface area contributed by atoms with Crippen LogP contribution >= 0.6 is 0 Å². The van der Waals surface area contributed by atoms with Crippen molar-refractivity contribution in [3.05, 3.63) is 35.8 Å². The molecule has 1 saturated heterocycles. The Kier molecular flexibility index (Phi) is 4.60. The first-order valence-corrected chi connectivity index (χ1v) is 8.63. The summed E-state index contributed by atoms with van der Waals surface area (Å²) in [5.41, 5.74) is 1.70. The Hall–Kier alpha value is -2.48. The van der Waals surface area contributed by atoms with Crippen molar-refractivity contribution in [2.75, 3.05) is 19.8 Å². The van der Waals surface area contributed by atoms with E-state index in [1.807, 2.05) is 21.7 Å². The Bertz CT molecular complexity index is 727. The lowest BCUT2D eigenvalue weighted by atomic mass is 10.1. The van der Waals surface area contributed by atoms with Crippen molar-refractivity contribution in [2.24, 2.45) is 5.92 Å². The molecular weight excluding hydrogens is 322 g/mol. The topological polar surface area (TPSA) is 82.4 Å². The zero-order chi connectivity index (χ0) is 17.1. The standard InChI is InChI=1S/C17H21N5O3/c23-17(13-5-9-24-11-13)21-7-3-8-22-15(10-21)14(19-20-22)12-25-16-4-1-2-6-18-16/h1-2,4,6,13H,3,5,7-12H2/t13-/m1/s1. The quantitative estimate of drug-likeness (QED) is 0.824. The molecule has 2 aliphatic heterocycles. The normalized spacial score (nSPS) is 20.2. The SMILES string of the molecule is O=C([C@@H]1CCOC1)N1CCCn2nnc(COc3ccccn3)c2C1. The molecule has 0 aromatic carbocycles. The average Bonchev–Trinajstić information content (AvgIpc) is 3.26. The van der Waals surface area contributed by atoms with E-state index >= 15 is 0 Å². The van der Waals surface area contributed by atoms with Gasteiger partial charge in [0.2, 0.25) is 11.8 Å². The van der Waals surface area contributed by atoms with E-state index in [1.165, 1.54) is 0 Å². The van der Waals surface area contributed by atoms with Gasteiger partial charge < -0.3 is 14.4 Å². The average molecular weight is 343 g/mol. The molecule has 132 valence electrons. The molecule has 8 nitrogen and oxygen atoms in total. The molecule has 0 spiro atoms. The van der Waals surface area contributed by atoms with Crippen LogP contribution in [0.1, 0.15) is 24.2 Å². The van der Waals surface area contributed by atoms with Crippen LogP contribution < -0.4 is 4.74 Å². The third-order valence-corrected chi connectivity index (χ3v) is 4.64. The third-order valence-electron chi connectivity index (χ3n) is 4.64. The summed E-state index contributed by atoms with van der Waals surface area (Å²) < 4.78 is 12.9. The summed E-state index contributed by atoms with van der Waals surface area (Å²) in [7, 11) is 0. The fraction of sp³-hybridized carbons (Fsp3) is 0.529. The minimum atomic E-state index is -0.0179. The van der Waals surface area contributed by atoms with Crippen LogP contribution in [0.25, 0.3) is 0 Å². The molecule has 2 aromatic rings. The van der Waals surface area contributed by atoms with E-state index in [1.54, 1.807) is 12.3 Å². The molecule has 1 fully saturated rings. The molecule has 0 aliphatic carbocycles. The van der Waals surface area contributed by atoms with Crippen LogP contribution in [-0.2, 0) is 29.2 Å². The molecule has 1 atom stereocenters. The molecule has 4 rings (SSSR count). The number of hydrogen-bond donors (Lipinski definition) is 0. The number of pyridine rings is 1. The largest absolute Gasteiger partial charge is 0.471 e. The highest BCUT2D eigenvalue weighted by Crippen LogP contribution is 2.21. The van der Waals surface area contributed by atoms with Crippen LogP contribution in [0, 0.1) is 5.92 Å². The van der Waals surface area contributed by atoms with E-state index in [0.717, 1.165) is 37.3 Å². The predicted octanol–water partition coefficient (Wildman–Crippen LogP) is 1.02. The van der Waals surface area contributed by atoms with E-state index in [0.29, 0.717) is 32.2 Å². The molecule has 8 heteroatoms. The van der Waals surface area contributed by atoms with Crippen LogP contribution in [0.5, 0.6) is 5.88 Å². The van der Waals surface area contributed by atoms with Crippen molar-refractivity contribution >= 4 is 5.91 Å². The molecule has 0 N–H and O–H groups in total. The summed E-state index contributed by atoms with van der Waals surface area (Å²) in [4.78, 5) is 18.8. The zero-order valence-corrected chi connectivity index (χ0v) is 14.0. The maximum atomic E-state index is 12.7. The fourth-order valence-corrected chi connectivity index (χ4v) is 3.25. The lowest BCUT2D eigenvalue weighted by molar-refractivity contribution is -0.136. The summed E-state index contributed by atoms with van der Waals surface area (Å²) in [5.74, 6) is 0.702. The first kappa shape index (κ1) is 16.0. The lowest BCUT2D eigenvalue weighted by Gasteiger charge is -2.23. The number of carbonyl (C=O) groups excluding carboxylic acids is 1. The predicted molar refractivity (Wildman–Crippen MR) is 87.6 cm³/mol. The Morgan fingerprint density at radius 2 is 2.32 bits per heavy atom. The maximum Gasteiger partial charge on any atom is 0.228 e. The van der Waals surface area contributed by atoms with E-state index in [2.05, 4.69) is 15.3 Å². The van der Waals surface area contributed by atoms with Crippen molar-refractivity contribution in [1.29, 1.82) is 0 Å². The number of amides is 1. The summed E-state index contributed by atoms with van der Waals surface area (Å²) in [5, 5.41) is 8.47. The number of aryl methyl sites for hydroxylation is 1. The van der Waals surface area contributed by atoms with Gasteiger partial charge in [0.1, 0.15) is 12.3 Å². The molecule has 2 aromatic heterocycles. The van der Waals surface area contributed by atoms with Crippen molar-refractivity contribution in [1.82, 2.24) is 24.9 Å².